The molecule has 1 aliphatic heterocycles. The minimum Gasteiger partial charge on any atom is -0.439 e. The molecule has 178 valence electrons. The van der Waals surface area contributed by atoms with Crippen molar-refractivity contribution in [2.75, 3.05) is 16.3 Å². The maximum atomic E-state index is 13.1. The van der Waals surface area contributed by atoms with Crippen molar-refractivity contribution >= 4 is 29.0 Å². The number of ether oxygens (including phenoxy) is 1. The molecule has 0 atom stereocenters. The van der Waals surface area contributed by atoms with E-state index in [0.29, 0.717) is 35.5 Å². The fourth-order valence-corrected chi connectivity index (χ4v) is 3.77. The van der Waals surface area contributed by atoms with Gasteiger partial charge in [0.1, 0.15) is 12.3 Å². The second-order valence-corrected chi connectivity index (χ2v) is 7.66. The summed E-state index contributed by atoms with van der Waals surface area (Å²) >= 11 is 0. The third-order valence-corrected chi connectivity index (χ3v) is 5.48. The number of carbonyl (C=O) groups is 2. The van der Waals surface area contributed by atoms with Gasteiger partial charge in [-0.3, -0.25) is 14.7 Å². The normalized spacial score (nSPS) is 14.3. The van der Waals surface area contributed by atoms with E-state index in [0.717, 1.165) is 22.1 Å². The lowest BCUT2D eigenvalue weighted by atomic mass is 10.1. The summed E-state index contributed by atoms with van der Waals surface area (Å²) in [4.78, 5) is 35.4. The van der Waals surface area contributed by atoms with Crippen molar-refractivity contribution in [2.24, 2.45) is 0 Å². The highest BCUT2D eigenvalue weighted by Crippen LogP contribution is 2.34. The summed E-state index contributed by atoms with van der Waals surface area (Å²) in [5.41, 5.74) is 0.475. The minimum atomic E-state index is -4.63. The zero-order chi connectivity index (χ0) is 24.7. The fourth-order valence-electron chi connectivity index (χ4n) is 3.77. The number of hydrogen-bond donors (Lipinski definition) is 0. The van der Waals surface area contributed by atoms with Gasteiger partial charge in [0, 0.05) is 24.5 Å². The molecular weight excluding hydrogens is 465 g/mol. The van der Waals surface area contributed by atoms with Crippen LogP contribution < -0.4 is 14.5 Å². The molecule has 35 heavy (non-hydrogen) atoms. The Kier molecular flexibility index (Phi) is 5.35. The Morgan fingerprint density at radius 1 is 1.03 bits per heavy atom. The number of anilines is 2. The van der Waals surface area contributed by atoms with E-state index in [1.54, 1.807) is 42.7 Å². The van der Waals surface area contributed by atoms with Crippen LogP contribution in [-0.2, 0) is 17.4 Å². The maximum Gasteiger partial charge on any atom is 0.417 e. The van der Waals surface area contributed by atoms with Crippen molar-refractivity contribution in [3.05, 3.63) is 72.3 Å². The smallest absolute Gasteiger partial charge is 0.417 e. The van der Waals surface area contributed by atoms with Gasteiger partial charge in [-0.05, 0) is 36.2 Å². The van der Waals surface area contributed by atoms with Crippen molar-refractivity contribution in [1.82, 2.24) is 19.6 Å². The van der Waals surface area contributed by atoms with E-state index in [2.05, 4.69) is 15.1 Å². The highest BCUT2D eigenvalue weighted by atomic mass is 19.4. The fraction of sp³-hybridized carbons (Fsp3) is 0.174. The van der Waals surface area contributed by atoms with Crippen LogP contribution in [0.1, 0.15) is 18.1 Å². The van der Waals surface area contributed by atoms with Gasteiger partial charge in [-0.2, -0.15) is 22.8 Å². The minimum absolute atomic E-state index is 0.114. The van der Waals surface area contributed by atoms with Crippen molar-refractivity contribution in [3.8, 4) is 11.6 Å². The van der Waals surface area contributed by atoms with Gasteiger partial charge >= 0.3 is 12.2 Å². The Balaban J connectivity index is 1.44. The average molecular weight is 482 g/mol. The molecule has 9 nitrogen and oxygen atoms in total. The van der Waals surface area contributed by atoms with Gasteiger partial charge in [-0.1, -0.05) is 6.92 Å². The molecule has 3 aromatic heterocycles. The van der Waals surface area contributed by atoms with Gasteiger partial charge in [0.2, 0.25) is 5.88 Å². The summed E-state index contributed by atoms with van der Waals surface area (Å²) in [6.45, 7) is 1.48. The number of alkyl halides is 3. The third kappa shape index (κ3) is 4.03. The van der Waals surface area contributed by atoms with Crippen molar-refractivity contribution in [1.29, 1.82) is 0 Å². The summed E-state index contributed by atoms with van der Waals surface area (Å²) in [7, 11) is 0. The number of aromatic nitrogens is 4. The SMILES string of the molecule is CCc1cc(N2C(=O)CN(c3cncc(C(F)(F)F)c3)C2=O)ccc1Oc1ccnc2ccnn12. The molecule has 0 radical (unpaired) electrons. The molecular formula is C23H17F3N6O3. The van der Waals surface area contributed by atoms with Gasteiger partial charge in [0.15, 0.2) is 5.65 Å². The molecule has 0 spiro atoms. The molecule has 1 aliphatic rings. The monoisotopic (exact) mass is 482 g/mol. The maximum absolute atomic E-state index is 13.1. The second-order valence-electron chi connectivity index (χ2n) is 7.66. The third-order valence-electron chi connectivity index (χ3n) is 5.48. The molecule has 4 aromatic rings. The first kappa shape index (κ1) is 22.3. The molecule has 0 bridgehead atoms. The van der Waals surface area contributed by atoms with E-state index >= 15 is 0 Å². The quantitative estimate of drug-likeness (QED) is 0.390. The number of benzene rings is 1. The van der Waals surface area contributed by atoms with E-state index in [1.165, 1.54) is 4.52 Å². The van der Waals surface area contributed by atoms with Crippen molar-refractivity contribution in [3.63, 3.8) is 0 Å². The van der Waals surface area contributed by atoms with Crippen LogP contribution in [0.25, 0.3) is 5.65 Å². The van der Waals surface area contributed by atoms with Crippen LogP contribution in [0.5, 0.6) is 11.6 Å². The number of pyridine rings is 1. The zero-order valence-corrected chi connectivity index (χ0v) is 18.2. The van der Waals surface area contributed by atoms with E-state index < -0.39 is 30.2 Å². The predicted molar refractivity (Wildman–Crippen MR) is 118 cm³/mol. The first-order valence-electron chi connectivity index (χ1n) is 10.5. The Hall–Kier alpha value is -4.48. The van der Waals surface area contributed by atoms with Crippen LogP contribution in [0.4, 0.5) is 29.3 Å². The Labute approximate surface area is 196 Å². The summed E-state index contributed by atoms with van der Waals surface area (Å²) in [5, 5.41) is 4.18. The zero-order valence-electron chi connectivity index (χ0n) is 18.2. The standard InChI is InChI=1S/C23H17F3N6O3/c1-2-14-9-16(3-4-18(14)35-21-6-7-28-19-5-8-29-32(19)21)31-20(33)13-30(22(31)34)17-10-15(11-27-12-17)23(24,25)26/h3-12H,2,13H2,1H3. The van der Waals surface area contributed by atoms with E-state index in [9.17, 15) is 22.8 Å². The molecule has 12 heteroatoms. The number of aryl methyl sites for hydroxylation is 1. The van der Waals surface area contributed by atoms with E-state index in [4.69, 9.17) is 4.74 Å². The van der Waals surface area contributed by atoms with E-state index in [1.807, 2.05) is 6.92 Å². The lowest BCUT2D eigenvalue weighted by Gasteiger charge is -2.19. The van der Waals surface area contributed by atoms with Gasteiger partial charge < -0.3 is 4.74 Å². The molecule has 1 fully saturated rings. The Morgan fingerprint density at radius 2 is 1.86 bits per heavy atom. The summed E-state index contributed by atoms with van der Waals surface area (Å²) in [6, 6.07) is 8.22. The van der Waals surface area contributed by atoms with Gasteiger partial charge in [0.25, 0.3) is 5.91 Å². The van der Waals surface area contributed by atoms with Crippen molar-refractivity contribution in [2.45, 2.75) is 19.5 Å². The van der Waals surface area contributed by atoms with Crippen LogP contribution in [0.3, 0.4) is 0 Å². The molecule has 1 aromatic carbocycles. The molecule has 0 aliphatic carbocycles. The number of amides is 3. The number of rotatable bonds is 5. The number of nitrogens with zero attached hydrogens (tertiary/aromatic N) is 6. The highest BCUT2D eigenvalue weighted by molar-refractivity contribution is 6.26. The molecule has 3 amide bonds. The van der Waals surface area contributed by atoms with Crippen LogP contribution >= 0.6 is 0 Å². The number of hydrogen-bond acceptors (Lipinski definition) is 6. The van der Waals surface area contributed by atoms with Gasteiger partial charge in [0.05, 0.1) is 29.3 Å². The van der Waals surface area contributed by atoms with Crippen LogP contribution in [-0.4, -0.2) is 38.1 Å². The Morgan fingerprint density at radius 3 is 2.63 bits per heavy atom. The van der Waals surface area contributed by atoms with Crippen molar-refractivity contribution < 1.29 is 27.5 Å². The first-order valence-corrected chi connectivity index (χ1v) is 10.5. The van der Waals surface area contributed by atoms with Gasteiger partial charge in [-0.25, -0.2) is 14.7 Å². The molecule has 5 rings (SSSR count). The summed E-state index contributed by atoms with van der Waals surface area (Å²) in [6.07, 6.45) is 0.852. The number of fused-ring (bicyclic) bond motifs is 1. The summed E-state index contributed by atoms with van der Waals surface area (Å²) < 4.78 is 46.8. The first-order chi connectivity index (χ1) is 16.8. The summed E-state index contributed by atoms with van der Waals surface area (Å²) in [5.74, 6) is 0.354. The van der Waals surface area contributed by atoms with Gasteiger partial charge in [-0.15, -0.1) is 0 Å². The number of halogens is 3. The number of urea groups is 1. The highest BCUT2D eigenvalue weighted by Gasteiger charge is 2.39. The Bertz CT molecular complexity index is 1450. The lowest BCUT2D eigenvalue weighted by molar-refractivity contribution is -0.137. The second kappa shape index (κ2) is 8.38. The lowest BCUT2D eigenvalue weighted by Crippen LogP contribution is -2.33. The molecule has 0 unspecified atom stereocenters. The topological polar surface area (TPSA) is 92.9 Å². The van der Waals surface area contributed by atoms with Crippen LogP contribution in [0, 0.1) is 0 Å². The number of imide groups is 1. The van der Waals surface area contributed by atoms with Crippen LogP contribution in [0.15, 0.2) is 61.2 Å². The predicted octanol–water partition coefficient (Wildman–Crippen LogP) is 4.47. The number of carbonyl (C=O) groups excluding carboxylic acids is 2. The largest absolute Gasteiger partial charge is 0.439 e. The molecule has 1 saturated heterocycles. The molecule has 4 heterocycles. The average Bonchev–Trinajstić information content (AvgIpc) is 3.43. The van der Waals surface area contributed by atoms with E-state index in [-0.39, 0.29) is 11.4 Å². The molecule has 0 saturated carbocycles. The van der Waals surface area contributed by atoms with Crippen LogP contribution in [0.2, 0.25) is 0 Å². The molecule has 0 N–H and O–H groups in total.